The third kappa shape index (κ3) is 3.54. The topological polar surface area (TPSA) is 60.1 Å². The van der Waals surface area contributed by atoms with E-state index >= 15 is 0 Å². The van der Waals surface area contributed by atoms with Gasteiger partial charge in [0.15, 0.2) is 0 Å². The molecule has 0 N–H and O–H groups in total. The first-order valence-corrected chi connectivity index (χ1v) is 6.97. The van der Waals surface area contributed by atoms with E-state index in [9.17, 15) is 0 Å². The Bertz CT molecular complexity index is 656. The van der Waals surface area contributed by atoms with Crippen LogP contribution in [0.3, 0.4) is 0 Å². The number of nitrogens with zero attached hydrogens (tertiary/aromatic N) is 3. The van der Waals surface area contributed by atoms with E-state index in [4.69, 9.17) is 14.7 Å². The van der Waals surface area contributed by atoms with Gasteiger partial charge in [0.2, 0.25) is 0 Å². The van der Waals surface area contributed by atoms with Crippen LogP contribution in [0.5, 0.6) is 11.5 Å². The van der Waals surface area contributed by atoms with E-state index in [-0.39, 0.29) is 0 Å². The standard InChI is InChI=1S/C16H19N3O2/c1-4-13-8-14(19(5-2)18-13)11-21-16-7-12(10-17)6-15(9-16)20-3/h6-9H,4-5,11H2,1-3H3. The number of hydrogen-bond donors (Lipinski definition) is 0. The molecular formula is C16H19N3O2. The molecule has 5 heteroatoms. The summed E-state index contributed by atoms with van der Waals surface area (Å²) in [5.74, 6) is 1.23. The molecule has 1 aromatic heterocycles. The molecule has 5 nitrogen and oxygen atoms in total. The smallest absolute Gasteiger partial charge is 0.130 e. The Morgan fingerprint density at radius 3 is 2.57 bits per heavy atom. The number of aryl methyl sites for hydroxylation is 2. The number of hydrogen-bond acceptors (Lipinski definition) is 4. The normalized spacial score (nSPS) is 10.2. The Hall–Kier alpha value is -2.48. The van der Waals surface area contributed by atoms with E-state index in [0.717, 1.165) is 24.4 Å². The minimum absolute atomic E-state index is 0.416. The second kappa shape index (κ2) is 6.80. The van der Waals surface area contributed by atoms with Crippen LogP contribution in [0.2, 0.25) is 0 Å². The maximum Gasteiger partial charge on any atom is 0.130 e. The number of nitriles is 1. The fraction of sp³-hybridized carbons (Fsp3) is 0.375. The first kappa shape index (κ1) is 14.9. The van der Waals surface area contributed by atoms with E-state index in [0.29, 0.717) is 23.7 Å². The van der Waals surface area contributed by atoms with Gasteiger partial charge < -0.3 is 9.47 Å². The lowest BCUT2D eigenvalue weighted by Gasteiger charge is -2.09. The molecule has 21 heavy (non-hydrogen) atoms. The van der Waals surface area contributed by atoms with Gasteiger partial charge in [0.05, 0.1) is 30.1 Å². The Morgan fingerprint density at radius 2 is 1.95 bits per heavy atom. The zero-order valence-corrected chi connectivity index (χ0v) is 12.6. The first-order valence-electron chi connectivity index (χ1n) is 6.97. The summed E-state index contributed by atoms with van der Waals surface area (Å²) in [5, 5.41) is 13.5. The lowest BCUT2D eigenvalue weighted by molar-refractivity contribution is 0.290. The lowest BCUT2D eigenvalue weighted by Crippen LogP contribution is -2.06. The number of rotatable bonds is 6. The lowest BCUT2D eigenvalue weighted by atomic mass is 10.2. The minimum atomic E-state index is 0.416. The molecule has 0 saturated carbocycles. The maximum absolute atomic E-state index is 9.01. The molecule has 1 heterocycles. The summed E-state index contributed by atoms with van der Waals surface area (Å²) in [4.78, 5) is 0. The van der Waals surface area contributed by atoms with Gasteiger partial charge in [-0.3, -0.25) is 4.68 Å². The van der Waals surface area contributed by atoms with E-state index in [2.05, 4.69) is 31.1 Å². The van der Waals surface area contributed by atoms with Crippen molar-refractivity contribution in [3.05, 3.63) is 41.2 Å². The van der Waals surface area contributed by atoms with Crippen molar-refractivity contribution in [2.45, 2.75) is 33.4 Å². The minimum Gasteiger partial charge on any atom is -0.497 e. The van der Waals surface area contributed by atoms with Crippen molar-refractivity contribution < 1.29 is 9.47 Å². The van der Waals surface area contributed by atoms with Gasteiger partial charge >= 0.3 is 0 Å². The highest BCUT2D eigenvalue weighted by Crippen LogP contribution is 2.23. The van der Waals surface area contributed by atoms with Crippen molar-refractivity contribution in [2.24, 2.45) is 0 Å². The van der Waals surface area contributed by atoms with Crippen LogP contribution >= 0.6 is 0 Å². The van der Waals surface area contributed by atoms with Crippen LogP contribution in [0.25, 0.3) is 0 Å². The van der Waals surface area contributed by atoms with Crippen molar-refractivity contribution in [3.8, 4) is 17.6 Å². The van der Waals surface area contributed by atoms with Gasteiger partial charge in [0, 0.05) is 12.6 Å². The number of methoxy groups -OCH3 is 1. The molecule has 2 aromatic rings. The summed E-state index contributed by atoms with van der Waals surface area (Å²) in [6.45, 7) is 5.35. The van der Waals surface area contributed by atoms with Gasteiger partial charge in [-0.15, -0.1) is 0 Å². The fourth-order valence-electron chi connectivity index (χ4n) is 2.07. The van der Waals surface area contributed by atoms with Gasteiger partial charge in [-0.05, 0) is 31.5 Å². The van der Waals surface area contributed by atoms with Gasteiger partial charge in [-0.1, -0.05) is 6.92 Å². The maximum atomic E-state index is 9.01. The molecule has 1 aromatic carbocycles. The average Bonchev–Trinajstić information content (AvgIpc) is 2.94. The van der Waals surface area contributed by atoms with E-state index in [1.807, 2.05) is 4.68 Å². The molecule has 0 spiro atoms. The van der Waals surface area contributed by atoms with Gasteiger partial charge in [0.1, 0.15) is 18.1 Å². The fourth-order valence-corrected chi connectivity index (χ4v) is 2.07. The quantitative estimate of drug-likeness (QED) is 0.818. The average molecular weight is 285 g/mol. The molecular weight excluding hydrogens is 266 g/mol. The van der Waals surface area contributed by atoms with Crippen LogP contribution < -0.4 is 9.47 Å². The monoisotopic (exact) mass is 285 g/mol. The number of aromatic nitrogens is 2. The molecule has 0 atom stereocenters. The molecule has 0 saturated heterocycles. The molecule has 0 aliphatic carbocycles. The van der Waals surface area contributed by atoms with Crippen molar-refractivity contribution in [1.82, 2.24) is 9.78 Å². The van der Waals surface area contributed by atoms with Gasteiger partial charge in [-0.2, -0.15) is 10.4 Å². The van der Waals surface area contributed by atoms with E-state index in [1.54, 1.807) is 25.3 Å². The number of ether oxygens (including phenoxy) is 2. The third-order valence-electron chi connectivity index (χ3n) is 3.21. The molecule has 0 fully saturated rings. The molecule has 0 amide bonds. The second-order valence-electron chi connectivity index (χ2n) is 4.59. The largest absolute Gasteiger partial charge is 0.497 e. The van der Waals surface area contributed by atoms with E-state index < -0.39 is 0 Å². The summed E-state index contributed by atoms with van der Waals surface area (Å²) < 4.78 is 12.9. The van der Waals surface area contributed by atoms with Crippen molar-refractivity contribution in [2.75, 3.05) is 7.11 Å². The first-order chi connectivity index (χ1) is 10.2. The van der Waals surface area contributed by atoms with Crippen LogP contribution in [0.4, 0.5) is 0 Å². The van der Waals surface area contributed by atoms with Crippen LogP contribution in [-0.2, 0) is 19.6 Å². The Kier molecular flexibility index (Phi) is 4.83. The molecule has 2 rings (SSSR count). The van der Waals surface area contributed by atoms with Gasteiger partial charge in [-0.25, -0.2) is 0 Å². The van der Waals surface area contributed by atoms with Crippen molar-refractivity contribution in [1.29, 1.82) is 5.26 Å². The molecule has 0 radical (unpaired) electrons. The summed E-state index contributed by atoms with van der Waals surface area (Å²) >= 11 is 0. The van der Waals surface area contributed by atoms with Crippen LogP contribution in [-0.4, -0.2) is 16.9 Å². The molecule has 0 bridgehead atoms. The Balaban J connectivity index is 2.16. The highest BCUT2D eigenvalue weighted by Gasteiger charge is 2.08. The van der Waals surface area contributed by atoms with Crippen molar-refractivity contribution >= 4 is 0 Å². The van der Waals surface area contributed by atoms with Crippen molar-refractivity contribution in [3.63, 3.8) is 0 Å². The summed E-state index contributed by atoms with van der Waals surface area (Å²) in [5.41, 5.74) is 2.59. The molecule has 0 aliphatic heterocycles. The van der Waals surface area contributed by atoms with Crippen LogP contribution in [0, 0.1) is 11.3 Å². The zero-order valence-electron chi connectivity index (χ0n) is 12.6. The van der Waals surface area contributed by atoms with Crippen LogP contribution in [0.1, 0.15) is 30.8 Å². The Labute approximate surface area is 124 Å². The summed E-state index contributed by atoms with van der Waals surface area (Å²) in [7, 11) is 1.57. The highest BCUT2D eigenvalue weighted by molar-refractivity contribution is 5.43. The third-order valence-corrected chi connectivity index (χ3v) is 3.21. The van der Waals surface area contributed by atoms with Gasteiger partial charge in [0.25, 0.3) is 0 Å². The Morgan fingerprint density at radius 1 is 1.19 bits per heavy atom. The summed E-state index contributed by atoms with van der Waals surface area (Å²) in [6.07, 6.45) is 0.901. The summed E-state index contributed by atoms with van der Waals surface area (Å²) in [6, 6.07) is 9.30. The predicted molar refractivity (Wildman–Crippen MR) is 79.3 cm³/mol. The van der Waals surface area contributed by atoms with E-state index in [1.165, 1.54) is 0 Å². The predicted octanol–water partition coefficient (Wildman–Crippen LogP) is 2.92. The molecule has 0 unspecified atom stereocenters. The number of benzene rings is 1. The SMILES string of the molecule is CCc1cc(COc2cc(C#N)cc(OC)c2)n(CC)n1. The van der Waals surface area contributed by atoms with Crippen LogP contribution in [0.15, 0.2) is 24.3 Å². The molecule has 110 valence electrons. The highest BCUT2D eigenvalue weighted by atomic mass is 16.5. The second-order valence-corrected chi connectivity index (χ2v) is 4.59. The zero-order chi connectivity index (χ0) is 15.2. The molecule has 0 aliphatic rings.